The van der Waals surface area contributed by atoms with Crippen LogP contribution in [0.2, 0.25) is 0 Å². The van der Waals surface area contributed by atoms with Gasteiger partial charge in [0, 0.05) is 5.56 Å². The van der Waals surface area contributed by atoms with Crippen molar-refractivity contribution < 1.29 is 27.5 Å². The lowest BCUT2D eigenvalue weighted by Gasteiger charge is -2.14. The zero-order valence-electron chi connectivity index (χ0n) is 9.57. The van der Waals surface area contributed by atoms with Crippen LogP contribution in [0, 0.1) is 5.82 Å². The molecule has 2 aromatic rings. The van der Waals surface area contributed by atoms with E-state index in [2.05, 4.69) is 15.4 Å². The largest absolute Gasteiger partial charge is 0.698 e. The number of nitrogens with zero attached hydrogens (tertiary/aromatic N) is 2. The van der Waals surface area contributed by atoms with Crippen LogP contribution in [0.25, 0.3) is 5.73 Å². The van der Waals surface area contributed by atoms with E-state index in [1.165, 1.54) is 0 Å². The first-order valence-electron chi connectivity index (χ1n) is 4.89. The highest BCUT2D eigenvalue weighted by Crippen LogP contribution is 2.35. The number of carboxylic acid groups (broad SMARTS) is 1. The highest BCUT2D eigenvalue weighted by molar-refractivity contribution is 5.84. The normalized spacial score (nSPS) is 10.6. The molecular formula is C10H7F4N4O2-. The van der Waals surface area contributed by atoms with Crippen LogP contribution in [-0.2, 0) is 6.18 Å². The van der Waals surface area contributed by atoms with Gasteiger partial charge in [-0.2, -0.15) is 23.5 Å². The average Bonchev–Trinajstić information content (AvgIpc) is 2.85. The van der Waals surface area contributed by atoms with Crippen LogP contribution in [0.1, 0.15) is 16.1 Å². The number of hydrogen-bond donors (Lipinski definition) is 2. The molecule has 20 heavy (non-hydrogen) atoms. The first-order valence-corrected chi connectivity index (χ1v) is 4.89. The van der Waals surface area contributed by atoms with E-state index >= 15 is 0 Å². The Balaban J connectivity index is 0.000000217. The van der Waals surface area contributed by atoms with Crippen molar-refractivity contribution in [1.29, 1.82) is 0 Å². The molecule has 0 bridgehead atoms. The predicted octanol–water partition coefficient (Wildman–Crippen LogP) is 3.03. The summed E-state index contributed by atoms with van der Waals surface area (Å²) in [4.78, 5) is 9.94. The Morgan fingerprint density at radius 3 is 2.35 bits per heavy atom. The average molecular weight is 291 g/mol. The van der Waals surface area contributed by atoms with E-state index in [-0.39, 0.29) is 5.69 Å². The van der Waals surface area contributed by atoms with Crippen LogP contribution in [0.3, 0.4) is 0 Å². The van der Waals surface area contributed by atoms with Crippen molar-refractivity contribution in [3.05, 3.63) is 47.2 Å². The minimum atomic E-state index is -4.65. The summed E-state index contributed by atoms with van der Waals surface area (Å²) >= 11 is 0. The maximum absolute atomic E-state index is 12.3. The summed E-state index contributed by atoms with van der Waals surface area (Å²) in [5.41, 5.74) is 4.81. The second kappa shape index (κ2) is 5.99. The number of benzene rings is 1. The number of carboxylic acids is 1. The molecule has 10 heteroatoms. The Bertz CT molecular complexity index is 583. The van der Waals surface area contributed by atoms with Gasteiger partial charge in [-0.15, -0.1) is 10.8 Å². The maximum atomic E-state index is 12.3. The number of carbonyl (C=O) groups is 1. The molecule has 0 saturated heterocycles. The molecule has 0 saturated carbocycles. The molecule has 0 aliphatic heterocycles. The van der Waals surface area contributed by atoms with E-state index in [0.29, 0.717) is 6.07 Å². The molecule has 0 radical (unpaired) electrons. The van der Waals surface area contributed by atoms with Crippen molar-refractivity contribution in [3.8, 4) is 0 Å². The number of rotatable bonds is 1. The highest BCUT2D eigenvalue weighted by Gasteiger charge is 2.31. The Morgan fingerprint density at radius 1 is 1.35 bits per heavy atom. The SMILES string of the molecule is O=C(O)c1cn[nH]n1.[NH-]c1ccc(F)cc1C(F)(F)F. The van der Waals surface area contributed by atoms with Gasteiger partial charge in [0.15, 0.2) is 5.69 Å². The Morgan fingerprint density at radius 2 is 2.00 bits per heavy atom. The number of aromatic carboxylic acids is 1. The van der Waals surface area contributed by atoms with Crippen molar-refractivity contribution in [2.24, 2.45) is 0 Å². The van der Waals surface area contributed by atoms with Crippen LogP contribution < -0.4 is 0 Å². The van der Waals surface area contributed by atoms with Crippen LogP contribution >= 0.6 is 0 Å². The number of nitrogens with one attached hydrogen (secondary N) is 2. The quantitative estimate of drug-likeness (QED) is 0.788. The predicted molar refractivity (Wildman–Crippen MR) is 58.7 cm³/mol. The van der Waals surface area contributed by atoms with Gasteiger partial charge < -0.3 is 10.8 Å². The molecule has 0 spiro atoms. The van der Waals surface area contributed by atoms with Crippen LogP contribution in [0.4, 0.5) is 23.2 Å². The van der Waals surface area contributed by atoms with E-state index in [0.717, 1.165) is 18.3 Å². The van der Waals surface area contributed by atoms with Gasteiger partial charge in [0.25, 0.3) is 0 Å². The van der Waals surface area contributed by atoms with Crippen molar-refractivity contribution in [3.63, 3.8) is 0 Å². The van der Waals surface area contributed by atoms with Gasteiger partial charge in [-0.05, 0) is 12.1 Å². The first-order chi connectivity index (χ1) is 9.21. The molecule has 1 aromatic carbocycles. The molecule has 108 valence electrons. The first kappa shape index (κ1) is 15.4. The number of alkyl halides is 3. The van der Waals surface area contributed by atoms with Crippen LogP contribution in [0.5, 0.6) is 0 Å². The van der Waals surface area contributed by atoms with E-state index in [9.17, 15) is 22.4 Å². The lowest BCUT2D eigenvalue weighted by atomic mass is 10.2. The summed E-state index contributed by atoms with van der Waals surface area (Å²) in [6, 6.07) is 1.90. The monoisotopic (exact) mass is 291 g/mol. The van der Waals surface area contributed by atoms with Gasteiger partial charge in [-0.25, -0.2) is 9.18 Å². The van der Waals surface area contributed by atoms with Crippen LogP contribution in [-0.4, -0.2) is 26.5 Å². The number of hydrogen-bond acceptors (Lipinski definition) is 3. The summed E-state index contributed by atoms with van der Waals surface area (Å²) in [5.74, 6) is -2.06. The van der Waals surface area contributed by atoms with E-state index in [1.54, 1.807) is 0 Å². The van der Waals surface area contributed by atoms with Crippen molar-refractivity contribution >= 4 is 11.7 Å². The lowest BCUT2D eigenvalue weighted by Crippen LogP contribution is -2.05. The van der Waals surface area contributed by atoms with Gasteiger partial charge in [0.2, 0.25) is 0 Å². The van der Waals surface area contributed by atoms with E-state index in [4.69, 9.17) is 10.8 Å². The van der Waals surface area contributed by atoms with Gasteiger partial charge in [-0.3, -0.25) is 0 Å². The Kier molecular flexibility index (Phi) is 4.62. The fourth-order valence-corrected chi connectivity index (χ4v) is 1.06. The third-order valence-corrected chi connectivity index (χ3v) is 1.92. The summed E-state index contributed by atoms with van der Waals surface area (Å²) in [6.07, 6.45) is -3.51. The number of H-pyrrole nitrogens is 1. The maximum Gasteiger partial charge on any atom is 0.415 e. The number of halogens is 4. The third-order valence-electron chi connectivity index (χ3n) is 1.92. The fraction of sp³-hybridized carbons (Fsp3) is 0.100. The second-order valence-electron chi connectivity index (χ2n) is 3.35. The van der Waals surface area contributed by atoms with Gasteiger partial charge in [0.05, 0.1) is 6.20 Å². The molecule has 0 fully saturated rings. The molecule has 2 rings (SSSR count). The number of aromatic amines is 1. The zero-order valence-corrected chi connectivity index (χ0v) is 9.57. The number of aromatic nitrogens is 3. The molecule has 0 amide bonds. The Labute approximate surface area is 109 Å². The summed E-state index contributed by atoms with van der Waals surface area (Å²) < 4.78 is 48.1. The third kappa shape index (κ3) is 4.23. The minimum Gasteiger partial charge on any atom is -0.698 e. The molecular weight excluding hydrogens is 284 g/mol. The summed E-state index contributed by atoms with van der Waals surface area (Å²) in [6.45, 7) is 0. The molecule has 3 N–H and O–H groups in total. The molecule has 6 nitrogen and oxygen atoms in total. The van der Waals surface area contributed by atoms with Gasteiger partial charge in [-0.1, -0.05) is 6.07 Å². The molecule has 0 unspecified atom stereocenters. The molecule has 0 aliphatic rings. The minimum absolute atomic E-state index is 0.0648. The molecule has 1 heterocycles. The topological polar surface area (TPSA) is 103 Å². The van der Waals surface area contributed by atoms with Crippen molar-refractivity contribution in [2.45, 2.75) is 6.18 Å². The summed E-state index contributed by atoms with van der Waals surface area (Å²) in [5, 5.41) is 16.9. The van der Waals surface area contributed by atoms with Gasteiger partial charge in [0.1, 0.15) is 5.82 Å². The van der Waals surface area contributed by atoms with Crippen molar-refractivity contribution in [1.82, 2.24) is 15.4 Å². The molecule has 0 aliphatic carbocycles. The summed E-state index contributed by atoms with van der Waals surface area (Å²) in [7, 11) is 0. The van der Waals surface area contributed by atoms with E-state index in [1.807, 2.05) is 0 Å². The Hall–Kier alpha value is -2.65. The highest BCUT2D eigenvalue weighted by atomic mass is 19.4. The van der Waals surface area contributed by atoms with Gasteiger partial charge >= 0.3 is 12.1 Å². The van der Waals surface area contributed by atoms with E-state index < -0.39 is 29.2 Å². The molecule has 1 aromatic heterocycles. The fourth-order valence-electron chi connectivity index (χ4n) is 1.06. The standard InChI is InChI=1S/C7H4F4N.C3H3N3O2/c8-4-1-2-6(12)5(3-4)7(9,10)11;7-3(8)2-1-4-6-5-2/h1-3,12H;1H,(H,7,8)(H,4,5,6)/q-1;. The lowest BCUT2D eigenvalue weighted by molar-refractivity contribution is -0.137. The smallest absolute Gasteiger partial charge is 0.415 e. The molecule has 0 atom stereocenters. The zero-order chi connectivity index (χ0) is 15.3. The van der Waals surface area contributed by atoms with Crippen molar-refractivity contribution in [2.75, 3.05) is 0 Å². The second-order valence-corrected chi connectivity index (χ2v) is 3.35. The van der Waals surface area contributed by atoms with Crippen LogP contribution in [0.15, 0.2) is 24.4 Å².